The predicted molar refractivity (Wildman–Crippen MR) is 233 cm³/mol. The van der Waals surface area contributed by atoms with Crippen LogP contribution in [0, 0.1) is 0 Å². The minimum Gasteiger partial charge on any atom is -0.308 e. The Bertz CT molecular complexity index is 2910. The van der Waals surface area contributed by atoms with Gasteiger partial charge in [0.1, 0.15) is 0 Å². The van der Waals surface area contributed by atoms with Crippen LogP contribution in [0.4, 0.5) is 17.1 Å². The Balaban J connectivity index is 1.10. The quantitative estimate of drug-likeness (QED) is 0.160. The van der Waals surface area contributed by atoms with Crippen molar-refractivity contribution in [3.8, 4) is 44.5 Å². The molecule has 0 aliphatic rings. The van der Waals surface area contributed by atoms with Crippen molar-refractivity contribution < 1.29 is 0 Å². The maximum atomic E-state index is 2.45. The molecule has 254 valence electrons. The van der Waals surface area contributed by atoms with Crippen LogP contribution in [0.2, 0.25) is 0 Å². The summed E-state index contributed by atoms with van der Waals surface area (Å²) in [7, 11) is 0. The van der Waals surface area contributed by atoms with Gasteiger partial charge in [0.25, 0.3) is 0 Å². The number of fused-ring (bicyclic) bond motifs is 4. The zero-order valence-electron chi connectivity index (χ0n) is 29.6. The lowest BCUT2D eigenvalue weighted by molar-refractivity contribution is 1.30. The molecule has 0 saturated heterocycles. The first-order chi connectivity index (χ1) is 26.8. The summed E-state index contributed by atoms with van der Waals surface area (Å²) < 4.78 is 2.58. The van der Waals surface area contributed by atoms with E-state index in [2.05, 4.69) is 217 Å². The van der Waals surface area contributed by atoms with Gasteiger partial charge in [0.15, 0.2) is 0 Å². The van der Waals surface area contributed by atoms with Gasteiger partial charge >= 0.3 is 0 Å². The molecule has 1 nitrogen and oxygen atoms in total. The number of anilines is 3. The first kappa shape index (κ1) is 32.0. The molecule has 0 atom stereocenters. The number of thiophene rings is 1. The van der Waals surface area contributed by atoms with Crippen LogP contribution in [-0.2, 0) is 0 Å². The molecule has 0 radical (unpaired) electrons. The maximum Gasteiger partial charge on any atom is 0.0640 e. The van der Waals surface area contributed by atoms with Crippen molar-refractivity contribution in [1.82, 2.24) is 0 Å². The van der Waals surface area contributed by atoms with Crippen molar-refractivity contribution in [3.63, 3.8) is 0 Å². The second-order valence-electron chi connectivity index (χ2n) is 13.7. The molecule has 0 N–H and O–H groups in total. The van der Waals surface area contributed by atoms with E-state index in [1.54, 1.807) is 0 Å². The molecule has 0 bridgehead atoms. The highest BCUT2D eigenvalue weighted by Crippen LogP contribution is 2.47. The maximum absolute atomic E-state index is 2.45. The Morgan fingerprint density at radius 2 is 0.852 bits per heavy atom. The molecule has 2 heteroatoms. The molecule has 0 amide bonds. The third-order valence-corrected chi connectivity index (χ3v) is 11.7. The largest absolute Gasteiger partial charge is 0.308 e. The van der Waals surface area contributed by atoms with Crippen LogP contribution in [0.25, 0.3) is 75.5 Å². The molecule has 10 rings (SSSR count). The van der Waals surface area contributed by atoms with E-state index in [1.165, 1.54) is 81.1 Å². The second kappa shape index (κ2) is 13.7. The zero-order valence-corrected chi connectivity index (χ0v) is 30.4. The molecule has 0 saturated carbocycles. The third kappa shape index (κ3) is 5.74. The Hall–Kier alpha value is -6.74. The molecule has 0 aliphatic carbocycles. The molecule has 9 aromatic carbocycles. The van der Waals surface area contributed by atoms with Gasteiger partial charge in [-0.05, 0) is 86.1 Å². The Kier molecular flexibility index (Phi) is 8.09. The molecule has 54 heavy (non-hydrogen) atoms. The summed E-state index contributed by atoms with van der Waals surface area (Å²) in [6.07, 6.45) is 0. The number of nitrogens with zero attached hydrogens (tertiary/aromatic N) is 1. The monoisotopic (exact) mass is 705 g/mol. The van der Waals surface area contributed by atoms with E-state index in [1.807, 2.05) is 11.3 Å². The van der Waals surface area contributed by atoms with E-state index in [-0.39, 0.29) is 0 Å². The van der Waals surface area contributed by atoms with Gasteiger partial charge in [0.05, 0.1) is 16.1 Å². The van der Waals surface area contributed by atoms with Gasteiger partial charge in [0.2, 0.25) is 0 Å². The highest BCUT2D eigenvalue weighted by Gasteiger charge is 2.21. The molecule has 10 aromatic rings. The van der Waals surface area contributed by atoms with E-state index >= 15 is 0 Å². The number of hydrogen-bond acceptors (Lipinski definition) is 2. The minimum absolute atomic E-state index is 1.12. The lowest BCUT2D eigenvalue weighted by Crippen LogP contribution is -2.11. The van der Waals surface area contributed by atoms with E-state index in [0.29, 0.717) is 0 Å². The first-order valence-electron chi connectivity index (χ1n) is 18.4. The van der Waals surface area contributed by atoms with Gasteiger partial charge in [-0.1, -0.05) is 176 Å². The van der Waals surface area contributed by atoms with Crippen molar-refractivity contribution in [3.05, 3.63) is 212 Å². The number of rotatable bonds is 7. The first-order valence-corrected chi connectivity index (χ1v) is 19.2. The number of hydrogen-bond donors (Lipinski definition) is 0. The Labute approximate surface area is 319 Å². The molecular weight excluding hydrogens is 671 g/mol. The normalized spacial score (nSPS) is 11.3. The van der Waals surface area contributed by atoms with E-state index in [0.717, 1.165) is 11.4 Å². The molecular formula is C52H35NS. The standard InChI is InChI=1S/C52H35NS/c1-3-13-36(14-4-1)37-25-27-40(28-26-37)46-18-7-9-22-49(46)53(50-23-12-21-48-47-19-8-10-24-51(47)54-52(48)50)43-32-29-38(30-33-43)41-31-34-45-42(35-41)17-11-20-44(45)39-15-5-2-6-16-39/h1-35H. The Morgan fingerprint density at radius 1 is 0.315 bits per heavy atom. The molecule has 1 aromatic heterocycles. The van der Waals surface area contributed by atoms with E-state index in [9.17, 15) is 0 Å². The predicted octanol–water partition coefficient (Wildman–Crippen LogP) is 15.3. The molecule has 1 heterocycles. The van der Waals surface area contributed by atoms with Crippen LogP contribution < -0.4 is 4.90 Å². The van der Waals surface area contributed by atoms with Crippen LogP contribution in [0.3, 0.4) is 0 Å². The van der Waals surface area contributed by atoms with E-state index in [4.69, 9.17) is 0 Å². The van der Waals surface area contributed by atoms with Crippen LogP contribution in [0.5, 0.6) is 0 Å². The summed E-state index contributed by atoms with van der Waals surface area (Å²) in [5.41, 5.74) is 13.1. The molecule has 0 spiro atoms. The molecule has 0 aliphatic heterocycles. The highest BCUT2D eigenvalue weighted by atomic mass is 32.1. The summed E-state index contributed by atoms with van der Waals surface area (Å²) in [4.78, 5) is 2.45. The lowest BCUT2D eigenvalue weighted by atomic mass is 9.95. The topological polar surface area (TPSA) is 3.24 Å². The van der Waals surface area contributed by atoms with E-state index < -0.39 is 0 Å². The summed E-state index contributed by atoms with van der Waals surface area (Å²) >= 11 is 1.87. The van der Waals surface area contributed by atoms with Gasteiger partial charge in [-0.15, -0.1) is 11.3 Å². The summed E-state index contributed by atoms with van der Waals surface area (Å²) in [5, 5.41) is 5.08. The van der Waals surface area contributed by atoms with Crippen molar-refractivity contribution in [2.24, 2.45) is 0 Å². The second-order valence-corrected chi connectivity index (χ2v) is 14.8. The van der Waals surface area contributed by atoms with Crippen molar-refractivity contribution in [2.45, 2.75) is 0 Å². The average Bonchev–Trinajstić information content (AvgIpc) is 3.64. The van der Waals surface area contributed by atoms with Crippen LogP contribution in [-0.4, -0.2) is 0 Å². The lowest BCUT2D eigenvalue weighted by Gasteiger charge is -2.28. The molecule has 0 unspecified atom stereocenters. The Morgan fingerprint density at radius 3 is 1.67 bits per heavy atom. The summed E-state index contributed by atoms with van der Waals surface area (Å²) in [6.45, 7) is 0. The van der Waals surface area contributed by atoms with Crippen LogP contribution in [0.1, 0.15) is 0 Å². The average molecular weight is 706 g/mol. The van der Waals surface area contributed by atoms with Crippen molar-refractivity contribution in [1.29, 1.82) is 0 Å². The van der Waals surface area contributed by atoms with Crippen LogP contribution in [0.15, 0.2) is 212 Å². The van der Waals surface area contributed by atoms with Gasteiger partial charge in [-0.25, -0.2) is 0 Å². The van der Waals surface area contributed by atoms with Crippen molar-refractivity contribution in [2.75, 3.05) is 4.90 Å². The number of benzene rings is 9. The van der Waals surface area contributed by atoms with Gasteiger partial charge < -0.3 is 4.90 Å². The minimum atomic E-state index is 1.12. The van der Waals surface area contributed by atoms with Gasteiger partial charge in [-0.2, -0.15) is 0 Å². The summed E-state index contributed by atoms with van der Waals surface area (Å²) in [5.74, 6) is 0. The van der Waals surface area contributed by atoms with Crippen LogP contribution >= 0.6 is 11.3 Å². The zero-order chi connectivity index (χ0) is 35.8. The van der Waals surface area contributed by atoms with Crippen molar-refractivity contribution >= 4 is 59.3 Å². The fourth-order valence-corrected chi connectivity index (χ4v) is 9.04. The third-order valence-electron chi connectivity index (χ3n) is 10.5. The van der Waals surface area contributed by atoms with Gasteiger partial charge in [0, 0.05) is 26.7 Å². The fraction of sp³-hybridized carbons (Fsp3) is 0. The smallest absolute Gasteiger partial charge is 0.0640 e. The summed E-state index contributed by atoms with van der Waals surface area (Å²) in [6, 6.07) is 77.1. The highest BCUT2D eigenvalue weighted by molar-refractivity contribution is 7.26. The fourth-order valence-electron chi connectivity index (χ4n) is 7.84. The molecule has 0 fully saturated rings. The SMILES string of the molecule is c1ccc(-c2ccc(-c3ccccc3N(c3ccc(-c4ccc5c(-c6ccccc6)cccc5c4)cc3)c3cccc4c3sc3ccccc34)cc2)cc1. The van der Waals surface area contributed by atoms with Gasteiger partial charge in [-0.3, -0.25) is 0 Å². The number of para-hydroxylation sites is 1.